The third-order valence-corrected chi connectivity index (χ3v) is 2.28. The van der Waals surface area contributed by atoms with E-state index in [0.29, 0.717) is 11.1 Å². The average molecular weight is 199 g/mol. The first-order chi connectivity index (χ1) is 6.22. The van der Waals surface area contributed by atoms with Crippen molar-refractivity contribution in [1.29, 1.82) is 0 Å². The van der Waals surface area contributed by atoms with Crippen LogP contribution in [0.15, 0.2) is 18.3 Å². The summed E-state index contributed by atoms with van der Waals surface area (Å²) in [5.41, 5.74) is 1.04. The standard InChI is InChI=1S/C10H15ClN2/c1-3-8(2)7-13-9-4-5-12-10(11)6-9/h4-6,8H,3,7H2,1-2H3,(H,12,13). The van der Waals surface area contributed by atoms with Crippen molar-refractivity contribution in [1.82, 2.24) is 4.98 Å². The number of rotatable bonds is 4. The zero-order valence-corrected chi connectivity index (χ0v) is 8.80. The fourth-order valence-corrected chi connectivity index (χ4v) is 1.12. The molecule has 2 nitrogen and oxygen atoms in total. The van der Waals surface area contributed by atoms with Gasteiger partial charge in [0, 0.05) is 18.4 Å². The molecule has 72 valence electrons. The van der Waals surface area contributed by atoms with Crippen molar-refractivity contribution in [3.63, 3.8) is 0 Å². The van der Waals surface area contributed by atoms with Crippen LogP contribution in [0, 0.1) is 5.92 Å². The lowest BCUT2D eigenvalue weighted by molar-refractivity contribution is 0.593. The zero-order valence-electron chi connectivity index (χ0n) is 8.05. The second-order valence-electron chi connectivity index (χ2n) is 3.26. The maximum atomic E-state index is 5.74. The summed E-state index contributed by atoms with van der Waals surface area (Å²) < 4.78 is 0. The number of pyridine rings is 1. The van der Waals surface area contributed by atoms with Crippen LogP contribution in [0.3, 0.4) is 0 Å². The highest BCUT2D eigenvalue weighted by molar-refractivity contribution is 6.29. The largest absolute Gasteiger partial charge is 0.385 e. The van der Waals surface area contributed by atoms with Crippen LogP contribution in [0.1, 0.15) is 20.3 Å². The van der Waals surface area contributed by atoms with E-state index in [-0.39, 0.29) is 0 Å². The molecule has 1 atom stereocenters. The Morgan fingerprint density at radius 1 is 1.62 bits per heavy atom. The van der Waals surface area contributed by atoms with Crippen LogP contribution in [0.5, 0.6) is 0 Å². The van der Waals surface area contributed by atoms with Crippen LogP contribution in [0.2, 0.25) is 5.15 Å². The number of aromatic nitrogens is 1. The predicted octanol–water partition coefficient (Wildman–Crippen LogP) is 3.19. The third-order valence-electron chi connectivity index (χ3n) is 2.08. The molecule has 0 spiro atoms. The van der Waals surface area contributed by atoms with Crippen LogP contribution < -0.4 is 5.32 Å². The number of halogens is 1. The number of anilines is 1. The summed E-state index contributed by atoms with van der Waals surface area (Å²) in [5.74, 6) is 0.687. The monoisotopic (exact) mass is 198 g/mol. The molecule has 0 bridgehead atoms. The highest BCUT2D eigenvalue weighted by Gasteiger charge is 1.98. The molecule has 0 saturated carbocycles. The van der Waals surface area contributed by atoms with Crippen molar-refractivity contribution >= 4 is 17.3 Å². The molecule has 0 aliphatic rings. The Bertz CT molecular complexity index is 263. The molecular weight excluding hydrogens is 184 g/mol. The van der Waals surface area contributed by atoms with Gasteiger partial charge < -0.3 is 5.32 Å². The van der Waals surface area contributed by atoms with Crippen molar-refractivity contribution in [2.24, 2.45) is 5.92 Å². The summed E-state index contributed by atoms with van der Waals surface area (Å²) in [6, 6.07) is 3.76. The Morgan fingerprint density at radius 3 is 3.00 bits per heavy atom. The Balaban J connectivity index is 2.45. The molecule has 1 aromatic heterocycles. The summed E-state index contributed by atoms with van der Waals surface area (Å²) in [5, 5.41) is 3.85. The lowest BCUT2D eigenvalue weighted by atomic mass is 10.1. The van der Waals surface area contributed by atoms with Gasteiger partial charge in [-0.15, -0.1) is 0 Å². The van der Waals surface area contributed by atoms with E-state index in [2.05, 4.69) is 24.1 Å². The highest BCUT2D eigenvalue weighted by Crippen LogP contribution is 2.12. The van der Waals surface area contributed by atoms with Crippen LogP contribution >= 0.6 is 11.6 Å². The lowest BCUT2D eigenvalue weighted by Crippen LogP contribution is -2.10. The first-order valence-corrected chi connectivity index (χ1v) is 4.95. The second kappa shape index (κ2) is 5.07. The van der Waals surface area contributed by atoms with Crippen molar-refractivity contribution in [2.75, 3.05) is 11.9 Å². The predicted molar refractivity (Wildman–Crippen MR) is 57.2 cm³/mol. The van der Waals surface area contributed by atoms with Gasteiger partial charge in [-0.1, -0.05) is 31.9 Å². The molecule has 1 rings (SSSR count). The van der Waals surface area contributed by atoms with Crippen LogP contribution in [-0.4, -0.2) is 11.5 Å². The van der Waals surface area contributed by atoms with Gasteiger partial charge >= 0.3 is 0 Å². The van der Waals surface area contributed by atoms with Crippen molar-refractivity contribution in [3.8, 4) is 0 Å². The maximum Gasteiger partial charge on any atom is 0.131 e. The molecule has 0 aliphatic heterocycles. The topological polar surface area (TPSA) is 24.9 Å². The minimum Gasteiger partial charge on any atom is -0.385 e. The summed E-state index contributed by atoms with van der Waals surface area (Å²) in [6.07, 6.45) is 2.90. The molecule has 1 N–H and O–H groups in total. The summed E-state index contributed by atoms with van der Waals surface area (Å²) in [4.78, 5) is 3.91. The van der Waals surface area contributed by atoms with E-state index in [0.717, 1.165) is 12.2 Å². The van der Waals surface area contributed by atoms with Crippen LogP contribution in [-0.2, 0) is 0 Å². The molecule has 0 radical (unpaired) electrons. The van der Waals surface area contributed by atoms with Crippen LogP contribution in [0.25, 0.3) is 0 Å². The first-order valence-electron chi connectivity index (χ1n) is 4.57. The van der Waals surface area contributed by atoms with Crippen molar-refractivity contribution in [2.45, 2.75) is 20.3 Å². The minimum absolute atomic E-state index is 0.536. The van der Waals surface area contributed by atoms with E-state index in [1.807, 2.05) is 12.1 Å². The summed E-state index contributed by atoms with van der Waals surface area (Å²) >= 11 is 5.74. The second-order valence-corrected chi connectivity index (χ2v) is 3.65. The molecule has 13 heavy (non-hydrogen) atoms. The van der Waals surface area contributed by atoms with Gasteiger partial charge in [0.1, 0.15) is 5.15 Å². The number of nitrogens with one attached hydrogen (secondary N) is 1. The number of hydrogen-bond acceptors (Lipinski definition) is 2. The average Bonchev–Trinajstić information content (AvgIpc) is 2.14. The van der Waals surface area contributed by atoms with Gasteiger partial charge in [-0.25, -0.2) is 4.98 Å². The molecule has 1 aromatic rings. The van der Waals surface area contributed by atoms with Crippen molar-refractivity contribution < 1.29 is 0 Å². The Labute approximate surface area is 84.3 Å². The van der Waals surface area contributed by atoms with Gasteiger partial charge in [0.2, 0.25) is 0 Å². The molecule has 0 aromatic carbocycles. The van der Waals surface area contributed by atoms with Gasteiger partial charge in [0.15, 0.2) is 0 Å². The fourth-order valence-electron chi connectivity index (χ4n) is 0.949. The quantitative estimate of drug-likeness (QED) is 0.752. The Morgan fingerprint density at radius 2 is 2.38 bits per heavy atom. The zero-order chi connectivity index (χ0) is 9.68. The van der Waals surface area contributed by atoms with E-state index in [1.165, 1.54) is 6.42 Å². The molecule has 0 fully saturated rings. The number of nitrogens with zero attached hydrogens (tertiary/aromatic N) is 1. The van der Waals surface area contributed by atoms with E-state index in [1.54, 1.807) is 6.20 Å². The minimum atomic E-state index is 0.536. The molecule has 1 unspecified atom stereocenters. The Hall–Kier alpha value is -0.760. The summed E-state index contributed by atoms with van der Waals surface area (Å²) in [6.45, 7) is 5.39. The van der Waals surface area contributed by atoms with Crippen LogP contribution in [0.4, 0.5) is 5.69 Å². The van der Waals surface area contributed by atoms with Gasteiger partial charge in [0.05, 0.1) is 0 Å². The Kier molecular flexibility index (Phi) is 4.03. The molecule has 3 heteroatoms. The molecule has 1 heterocycles. The van der Waals surface area contributed by atoms with E-state index >= 15 is 0 Å². The molecule has 0 saturated heterocycles. The number of hydrogen-bond donors (Lipinski definition) is 1. The first kappa shape index (κ1) is 10.3. The van der Waals surface area contributed by atoms with Gasteiger partial charge in [0.25, 0.3) is 0 Å². The van der Waals surface area contributed by atoms with E-state index in [4.69, 9.17) is 11.6 Å². The van der Waals surface area contributed by atoms with Crippen molar-refractivity contribution in [3.05, 3.63) is 23.5 Å². The third kappa shape index (κ3) is 3.64. The fraction of sp³-hybridized carbons (Fsp3) is 0.500. The molecule has 0 amide bonds. The summed E-state index contributed by atoms with van der Waals surface area (Å²) in [7, 11) is 0. The normalized spacial score (nSPS) is 12.5. The molecular formula is C10H15ClN2. The smallest absolute Gasteiger partial charge is 0.131 e. The van der Waals surface area contributed by atoms with Gasteiger partial charge in [-0.2, -0.15) is 0 Å². The lowest BCUT2D eigenvalue weighted by Gasteiger charge is -2.10. The van der Waals surface area contributed by atoms with Gasteiger partial charge in [-0.05, 0) is 18.1 Å². The maximum absolute atomic E-state index is 5.74. The van der Waals surface area contributed by atoms with Gasteiger partial charge in [-0.3, -0.25) is 0 Å². The van der Waals surface area contributed by atoms with E-state index in [9.17, 15) is 0 Å². The SMILES string of the molecule is CCC(C)CNc1ccnc(Cl)c1. The molecule has 0 aliphatic carbocycles. The highest BCUT2D eigenvalue weighted by atomic mass is 35.5. The van der Waals surface area contributed by atoms with E-state index < -0.39 is 0 Å².